The van der Waals surface area contributed by atoms with Gasteiger partial charge in [0.05, 0.1) is 0 Å². The minimum atomic E-state index is 0.455. The summed E-state index contributed by atoms with van der Waals surface area (Å²) in [5, 5.41) is 3.80. The van der Waals surface area contributed by atoms with E-state index < -0.39 is 0 Å². The zero-order chi connectivity index (χ0) is 11.6. The first-order chi connectivity index (χ1) is 7.62. The van der Waals surface area contributed by atoms with Crippen molar-refractivity contribution in [2.75, 3.05) is 20.6 Å². The molecule has 0 amide bonds. The summed E-state index contributed by atoms with van der Waals surface area (Å²) in [4.78, 5) is 2.47. The van der Waals surface area contributed by atoms with Crippen LogP contribution in [-0.2, 0) is 0 Å². The Hall–Kier alpha value is -0.0800. The molecule has 94 valence electrons. The highest BCUT2D eigenvalue weighted by molar-refractivity contribution is 4.95. The maximum atomic E-state index is 3.80. The third kappa shape index (κ3) is 2.60. The van der Waals surface area contributed by atoms with Gasteiger partial charge in [-0.05, 0) is 45.7 Å². The molecule has 0 unspecified atom stereocenters. The second-order valence-electron chi connectivity index (χ2n) is 6.33. The van der Waals surface area contributed by atoms with Gasteiger partial charge < -0.3 is 10.2 Å². The molecule has 0 bridgehead atoms. The van der Waals surface area contributed by atoms with E-state index in [1.54, 1.807) is 0 Å². The highest BCUT2D eigenvalue weighted by Gasteiger charge is 2.35. The van der Waals surface area contributed by atoms with Crippen LogP contribution in [0.2, 0.25) is 0 Å². The van der Waals surface area contributed by atoms with E-state index in [2.05, 4.69) is 31.2 Å². The number of likely N-dealkylation sites (N-methyl/N-ethyl adjacent to an activating group) is 1. The normalized spacial score (nSPS) is 33.8. The van der Waals surface area contributed by atoms with Gasteiger partial charge in [0.25, 0.3) is 0 Å². The average molecular weight is 224 g/mol. The van der Waals surface area contributed by atoms with Crippen LogP contribution < -0.4 is 5.32 Å². The van der Waals surface area contributed by atoms with E-state index in [0.717, 1.165) is 12.0 Å². The van der Waals surface area contributed by atoms with Crippen molar-refractivity contribution >= 4 is 0 Å². The molecule has 2 aliphatic carbocycles. The Kier molecular flexibility index (Phi) is 3.91. The first-order valence-corrected chi connectivity index (χ1v) is 7.03. The van der Waals surface area contributed by atoms with Crippen LogP contribution in [0.4, 0.5) is 0 Å². The Morgan fingerprint density at radius 3 is 2.25 bits per heavy atom. The van der Waals surface area contributed by atoms with Crippen LogP contribution in [0.1, 0.15) is 51.9 Å². The third-order valence-corrected chi connectivity index (χ3v) is 4.83. The summed E-state index contributed by atoms with van der Waals surface area (Å²) in [5.41, 5.74) is 0.455. The maximum absolute atomic E-state index is 3.80. The predicted molar refractivity (Wildman–Crippen MR) is 69.7 cm³/mol. The number of hydrogen-bond donors (Lipinski definition) is 1. The van der Waals surface area contributed by atoms with Crippen molar-refractivity contribution in [3.05, 3.63) is 0 Å². The Morgan fingerprint density at radius 1 is 1.12 bits per heavy atom. The second kappa shape index (κ2) is 5.05. The molecule has 0 aromatic heterocycles. The summed E-state index contributed by atoms with van der Waals surface area (Å²) in [5.74, 6) is 0.958. The fraction of sp³-hybridized carbons (Fsp3) is 1.00. The van der Waals surface area contributed by atoms with Crippen molar-refractivity contribution in [3.63, 3.8) is 0 Å². The van der Waals surface area contributed by atoms with Crippen molar-refractivity contribution < 1.29 is 0 Å². The maximum Gasteiger partial charge on any atom is 0.0327 e. The molecule has 0 heterocycles. The van der Waals surface area contributed by atoms with Crippen LogP contribution >= 0.6 is 0 Å². The summed E-state index contributed by atoms with van der Waals surface area (Å²) < 4.78 is 0. The summed E-state index contributed by atoms with van der Waals surface area (Å²) in [6, 6.07) is 0.814. The third-order valence-electron chi connectivity index (χ3n) is 4.83. The molecule has 0 atom stereocenters. The van der Waals surface area contributed by atoms with E-state index in [-0.39, 0.29) is 0 Å². The Balaban J connectivity index is 1.82. The minimum absolute atomic E-state index is 0.455. The van der Waals surface area contributed by atoms with Crippen molar-refractivity contribution in [2.45, 2.75) is 63.5 Å². The van der Waals surface area contributed by atoms with Crippen molar-refractivity contribution in [3.8, 4) is 0 Å². The number of rotatable bonds is 4. The lowest BCUT2D eigenvalue weighted by Gasteiger charge is -2.45. The van der Waals surface area contributed by atoms with Crippen molar-refractivity contribution in [2.24, 2.45) is 5.92 Å². The SMILES string of the molecule is CC1CC(NCC2(N(C)C)CCCCC2)C1. The zero-order valence-electron chi connectivity index (χ0n) is 11.3. The molecule has 0 saturated heterocycles. The van der Waals surface area contributed by atoms with Crippen LogP contribution in [0.3, 0.4) is 0 Å². The Labute approximate surface area is 101 Å². The fourth-order valence-electron chi connectivity index (χ4n) is 3.40. The molecular weight excluding hydrogens is 196 g/mol. The van der Waals surface area contributed by atoms with Gasteiger partial charge in [-0.3, -0.25) is 0 Å². The molecule has 2 nitrogen and oxygen atoms in total. The van der Waals surface area contributed by atoms with Crippen LogP contribution in [0.5, 0.6) is 0 Å². The zero-order valence-corrected chi connectivity index (χ0v) is 11.3. The molecule has 0 aliphatic heterocycles. The topological polar surface area (TPSA) is 15.3 Å². The lowest BCUT2D eigenvalue weighted by molar-refractivity contribution is 0.0859. The number of hydrogen-bond acceptors (Lipinski definition) is 2. The lowest BCUT2D eigenvalue weighted by Crippen LogP contribution is -2.56. The summed E-state index contributed by atoms with van der Waals surface area (Å²) in [6.45, 7) is 3.57. The predicted octanol–water partition coefficient (Wildman–Crippen LogP) is 2.64. The van der Waals surface area contributed by atoms with Crippen molar-refractivity contribution in [1.29, 1.82) is 0 Å². The standard InChI is InChI=1S/C14H28N2/c1-12-9-13(10-12)15-11-14(16(2)3)7-5-4-6-8-14/h12-13,15H,4-11H2,1-3H3. The first-order valence-electron chi connectivity index (χ1n) is 7.03. The number of nitrogens with one attached hydrogen (secondary N) is 1. The molecule has 16 heavy (non-hydrogen) atoms. The quantitative estimate of drug-likeness (QED) is 0.790. The Morgan fingerprint density at radius 2 is 1.75 bits per heavy atom. The molecular formula is C14H28N2. The highest BCUT2D eigenvalue weighted by Crippen LogP contribution is 2.33. The highest BCUT2D eigenvalue weighted by atomic mass is 15.2. The minimum Gasteiger partial charge on any atom is -0.312 e. The summed E-state index contributed by atoms with van der Waals surface area (Å²) in [7, 11) is 4.52. The summed E-state index contributed by atoms with van der Waals surface area (Å²) in [6.07, 6.45) is 9.83. The van der Waals surface area contributed by atoms with Gasteiger partial charge in [-0.2, -0.15) is 0 Å². The van der Waals surface area contributed by atoms with E-state index in [9.17, 15) is 0 Å². The van der Waals surface area contributed by atoms with E-state index in [0.29, 0.717) is 5.54 Å². The van der Waals surface area contributed by atoms with Crippen LogP contribution in [0, 0.1) is 5.92 Å². The molecule has 0 aromatic rings. The average Bonchev–Trinajstić information content (AvgIpc) is 2.24. The van der Waals surface area contributed by atoms with Gasteiger partial charge in [0.15, 0.2) is 0 Å². The largest absolute Gasteiger partial charge is 0.312 e. The molecule has 2 heteroatoms. The smallest absolute Gasteiger partial charge is 0.0327 e. The van der Waals surface area contributed by atoms with E-state index >= 15 is 0 Å². The van der Waals surface area contributed by atoms with Gasteiger partial charge in [-0.25, -0.2) is 0 Å². The van der Waals surface area contributed by atoms with Gasteiger partial charge in [-0.1, -0.05) is 26.2 Å². The van der Waals surface area contributed by atoms with Gasteiger partial charge in [0.2, 0.25) is 0 Å². The molecule has 2 rings (SSSR count). The van der Waals surface area contributed by atoms with E-state index in [4.69, 9.17) is 0 Å². The van der Waals surface area contributed by atoms with Crippen LogP contribution in [0.25, 0.3) is 0 Å². The van der Waals surface area contributed by atoms with Gasteiger partial charge in [0.1, 0.15) is 0 Å². The van der Waals surface area contributed by atoms with Gasteiger partial charge in [-0.15, -0.1) is 0 Å². The second-order valence-corrected chi connectivity index (χ2v) is 6.33. The summed E-state index contributed by atoms with van der Waals surface area (Å²) >= 11 is 0. The molecule has 0 radical (unpaired) electrons. The lowest BCUT2D eigenvalue weighted by atomic mass is 9.78. The van der Waals surface area contributed by atoms with Gasteiger partial charge >= 0.3 is 0 Å². The van der Waals surface area contributed by atoms with E-state index in [1.165, 1.54) is 51.5 Å². The van der Waals surface area contributed by atoms with E-state index in [1.807, 2.05) is 0 Å². The molecule has 0 aromatic carbocycles. The number of nitrogens with zero attached hydrogens (tertiary/aromatic N) is 1. The fourth-order valence-corrected chi connectivity index (χ4v) is 3.40. The first kappa shape index (κ1) is 12.4. The Bertz CT molecular complexity index is 213. The van der Waals surface area contributed by atoms with Crippen LogP contribution in [0.15, 0.2) is 0 Å². The van der Waals surface area contributed by atoms with Gasteiger partial charge in [0, 0.05) is 18.1 Å². The molecule has 2 saturated carbocycles. The molecule has 1 N–H and O–H groups in total. The molecule has 2 fully saturated rings. The molecule has 2 aliphatic rings. The molecule has 0 spiro atoms. The van der Waals surface area contributed by atoms with Crippen LogP contribution in [-0.4, -0.2) is 37.1 Å². The van der Waals surface area contributed by atoms with Crippen molar-refractivity contribution in [1.82, 2.24) is 10.2 Å². The monoisotopic (exact) mass is 224 g/mol.